The van der Waals surface area contributed by atoms with Crippen molar-refractivity contribution in [3.63, 3.8) is 0 Å². The standard InChI is InChI=1S/C11H16S.Na/c1-8-7-9(11(2,3)4)5-6-10(8)12;/h5-7,12H,1-4H3;/q;+1. The second kappa shape index (κ2) is 4.88. The van der Waals surface area contributed by atoms with Gasteiger partial charge in [0.15, 0.2) is 0 Å². The van der Waals surface area contributed by atoms with E-state index >= 15 is 0 Å². The van der Waals surface area contributed by atoms with Gasteiger partial charge < -0.3 is 0 Å². The summed E-state index contributed by atoms with van der Waals surface area (Å²) in [6.45, 7) is 8.76. The summed E-state index contributed by atoms with van der Waals surface area (Å²) in [6.07, 6.45) is 0. The molecule has 0 unspecified atom stereocenters. The van der Waals surface area contributed by atoms with E-state index in [1.54, 1.807) is 0 Å². The minimum Gasteiger partial charge on any atom is -0.143 e. The molecule has 0 radical (unpaired) electrons. The van der Waals surface area contributed by atoms with Gasteiger partial charge >= 0.3 is 29.6 Å². The van der Waals surface area contributed by atoms with E-state index in [4.69, 9.17) is 0 Å². The normalized spacial score (nSPS) is 10.8. The van der Waals surface area contributed by atoms with E-state index in [9.17, 15) is 0 Å². The Morgan fingerprint density at radius 1 is 1.15 bits per heavy atom. The Labute approximate surface area is 109 Å². The first kappa shape index (κ1) is 13.6. The van der Waals surface area contributed by atoms with Crippen molar-refractivity contribution >= 4 is 12.6 Å². The summed E-state index contributed by atoms with van der Waals surface area (Å²) >= 11 is 4.34. The van der Waals surface area contributed by atoms with Gasteiger partial charge in [-0.25, -0.2) is 0 Å². The third-order valence-corrected chi connectivity index (χ3v) is 2.56. The van der Waals surface area contributed by atoms with Crippen LogP contribution in [0.15, 0.2) is 23.1 Å². The Morgan fingerprint density at radius 2 is 1.69 bits per heavy atom. The number of thiol groups is 1. The monoisotopic (exact) mass is 203 g/mol. The van der Waals surface area contributed by atoms with Crippen LogP contribution >= 0.6 is 12.6 Å². The predicted octanol–water partition coefficient (Wildman–Crippen LogP) is 0.585. The minimum atomic E-state index is 0. The molecule has 0 heterocycles. The molecule has 0 saturated carbocycles. The molecule has 2 heteroatoms. The van der Waals surface area contributed by atoms with Gasteiger partial charge in [-0.15, -0.1) is 12.6 Å². The zero-order valence-corrected chi connectivity index (χ0v) is 12.1. The third-order valence-electron chi connectivity index (χ3n) is 2.06. The summed E-state index contributed by atoms with van der Waals surface area (Å²) in [4.78, 5) is 1.07. The number of benzene rings is 1. The molecule has 1 aromatic carbocycles. The smallest absolute Gasteiger partial charge is 0.143 e. The number of aryl methyl sites for hydroxylation is 1. The molecule has 0 saturated heterocycles. The molecule has 0 aromatic heterocycles. The minimum absolute atomic E-state index is 0. The van der Waals surface area contributed by atoms with E-state index in [1.807, 2.05) is 0 Å². The van der Waals surface area contributed by atoms with Gasteiger partial charge in [0.25, 0.3) is 0 Å². The fourth-order valence-electron chi connectivity index (χ4n) is 1.12. The summed E-state index contributed by atoms with van der Waals surface area (Å²) in [5.74, 6) is 0. The van der Waals surface area contributed by atoms with Crippen LogP contribution in [0.25, 0.3) is 0 Å². The first-order valence-electron chi connectivity index (χ1n) is 4.21. The average molecular weight is 203 g/mol. The molecule has 0 aliphatic rings. The molecule has 0 bridgehead atoms. The Morgan fingerprint density at radius 3 is 2.08 bits per heavy atom. The molecular weight excluding hydrogens is 187 g/mol. The largest absolute Gasteiger partial charge is 1.00 e. The van der Waals surface area contributed by atoms with Crippen molar-refractivity contribution in [3.8, 4) is 0 Å². The van der Waals surface area contributed by atoms with Gasteiger partial charge in [-0.1, -0.05) is 32.9 Å². The van der Waals surface area contributed by atoms with E-state index in [1.165, 1.54) is 11.1 Å². The summed E-state index contributed by atoms with van der Waals surface area (Å²) in [5.41, 5.74) is 2.87. The molecule has 0 aliphatic heterocycles. The van der Waals surface area contributed by atoms with E-state index in [2.05, 4.69) is 58.5 Å². The van der Waals surface area contributed by atoms with Crippen LogP contribution in [-0.2, 0) is 5.41 Å². The van der Waals surface area contributed by atoms with Crippen LogP contribution in [0.3, 0.4) is 0 Å². The first-order chi connectivity index (χ1) is 5.41. The molecular formula is C11H16NaS+. The van der Waals surface area contributed by atoms with Gasteiger partial charge in [-0.05, 0) is 29.5 Å². The Balaban J connectivity index is 0.00000144. The average Bonchev–Trinajstić information content (AvgIpc) is 1.92. The number of hydrogen-bond acceptors (Lipinski definition) is 1. The molecule has 0 amide bonds. The van der Waals surface area contributed by atoms with Crippen molar-refractivity contribution < 1.29 is 29.6 Å². The van der Waals surface area contributed by atoms with E-state index < -0.39 is 0 Å². The van der Waals surface area contributed by atoms with Crippen molar-refractivity contribution in [1.82, 2.24) is 0 Å². The Bertz CT molecular complexity index is 287. The molecule has 0 aliphatic carbocycles. The van der Waals surface area contributed by atoms with Crippen molar-refractivity contribution in [3.05, 3.63) is 29.3 Å². The number of rotatable bonds is 0. The molecule has 0 N–H and O–H groups in total. The van der Waals surface area contributed by atoms with Crippen LogP contribution in [0, 0.1) is 6.92 Å². The Kier molecular flexibility index (Phi) is 5.09. The van der Waals surface area contributed by atoms with Gasteiger partial charge in [0.05, 0.1) is 0 Å². The zero-order valence-electron chi connectivity index (χ0n) is 9.18. The molecule has 1 aromatic rings. The molecule has 1 rings (SSSR count). The molecule has 0 nitrogen and oxygen atoms in total. The van der Waals surface area contributed by atoms with Crippen LogP contribution in [0.4, 0.5) is 0 Å². The summed E-state index contributed by atoms with van der Waals surface area (Å²) in [7, 11) is 0. The summed E-state index contributed by atoms with van der Waals surface area (Å²) in [5, 5.41) is 0. The van der Waals surface area contributed by atoms with E-state index in [0.717, 1.165) is 4.90 Å². The SMILES string of the molecule is Cc1cc(C(C)(C)C)ccc1S.[Na+]. The van der Waals surface area contributed by atoms with Gasteiger partial charge in [0, 0.05) is 4.90 Å². The van der Waals surface area contributed by atoms with Gasteiger partial charge in [0.2, 0.25) is 0 Å². The topological polar surface area (TPSA) is 0 Å². The second-order valence-electron chi connectivity index (χ2n) is 4.25. The third kappa shape index (κ3) is 3.67. The zero-order chi connectivity index (χ0) is 9.35. The quantitative estimate of drug-likeness (QED) is 0.463. The molecule has 0 atom stereocenters. The van der Waals surface area contributed by atoms with Gasteiger partial charge in [0.1, 0.15) is 0 Å². The van der Waals surface area contributed by atoms with Crippen molar-refractivity contribution in [2.75, 3.05) is 0 Å². The maximum atomic E-state index is 4.34. The molecule has 13 heavy (non-hydrogen) atoms. The van der Waals surface area contributed by atoms with Crippen LogP contribution in [0.1, 0.15) is 31.9 Å². The van der Waals surface area contributed by atoms with Crippen LogP contribution in [-0.4, -0.2) is 0 Å². The Hall–Kier alpha value is 0.570. The summed E-state index contributed by atoms with van der Waals surface area (Å²) in [6, 6.07) is 6.43. The van der Waals surface area contributed by atoms with Crippen LogP contribution in [0.2, 0.25) is 0 Å². The van der Waals surface area contributed by atoms with Crippen LogP contribution in [0.5, 0.6) is 0 Å². The van der Waals surface area contributed by atoms with Gasteiger partial charge in [-0.2, -0.15) is 0 Å². The molecule has 0 fully saturated rings. The first-order valence-corrected chi connectivity index (χ1v) is 4.66. The van der Waals surface area contributed by atoms with Crippen molar-refractivity contribution in [2.24, 2.45) is 0 Å². The number of hydrogen-bond donors (Lipinski definition) is 1. The van der Waals surface area contributed by atoms with Gasteiger partial charge in [-0.3, -0.25) is 0 Å². The maximum Gasteiger partial charge on any atom is 1.00 e. The van der Waals surface area contributed by atoms with Crippen molar-refractivity contribution in [2.45, 2.75) is 38.0 Å². The summed E-state index contributed by atoms with van der Waals surface area (Å²) < 4.78 is 0. The predicted molar refractivity (Wildman–Crippen MR) is 57.1 cm³/mol. The maximum absolute atomic E-state index is 4.34. The van der Waals surface area contributed by atoms with Crippen LogP contribution < -0.4 is 29.6 Å². The van der Waals surface area contributed by atoms with Crippen molar-refractivity contribution in [1.29, 1.82) is 0 Å². The second-order valence-corrected chi connectivity index (χ2v) is 4.73. The molecule has 66 valence electrons. The molecule has 0 spiro atoms. The fourth-order valence-corrected chi connectivity index (χ4v) is 1.26. The van der Waals surface area contributed by atoms with E-state index in [-0.39, 0.29) is 35.0 Å². The van der Waals surface area contributed by atoms with E-state index in [0.29, 0.717) is 0 Å². The fraction of sp³-hybridized carbons (Fsp3) is 0.455.